The maximum atomic E-state index is 9.79. The number of pyridine rings is 2. The summed E-state index contributed by atoms with van der Waals surface area (Å²) in [6, 6.07) is 18.2. The van der Waals surface area contributed by atoms with Crippen LogP contribution in [0.2, 0.25) is 0 Å². The van der Waals surface area contributed by atoms with Gasteiger partial charge in [-0.15, -0.1) is 15.0 Å². The predicted octanol–water partition coefficient (Wildman–Crippen LogP) is 2.66. The van der Waals surface area contributed by atoms with Gasteiger partial charge in [0.1, 0.15) is 23.4 Å². The Kier molecular flexibility index (Phi) is 5.10. The van der Waals surface area contributed by atoms with Crippen molar-refractivity contribution < 1.29 is 4.74 Å². The van der Waals surface area contributed by atoms with Crippen LogP contribution in [0.25, 0.3) is 17.2 Å². The number of rotatable bonds is 5. The van der Waals surface area contributed by atoms with E-state index < -0.39 is 5.92 Å². The number of methoxy groups -OCH3 is 1. The van der Waals surface area contributed by atoms with Crippen LogP contribution >= 0.6 is 0 Å². The highest BCUT2D eigenvalue weighted by Crippen LogP contribution is 2.33. The summed E-state index contributed by atoms with van der Waals surface area (Å²) in [4.78, 5) is 9.82. The number of nitrogens with zero attached hydrogens (tertiary/aromatic N) is 8. The first-order valence-electron chi connectivity index (χ1n) is 8.89. The first-order chi connectivity index (χ1) is 14.7. The van der Waals surface area contributed by atoms with Crippen LogP contribution in [0.1, 0.15) is 22.7 Å². The second-order valence-corrected chi connectivity index (χ2v) is 6.15. The van der Waals surface area contributed by atoms with Gasteiger partial charge in [0.15, 0.2) is 0 Å². The van der Waals surface area contributed by atoms with Crippen molar-refractivity contribution in [3.63, 3.8) is 0 Å². The molecule has 0 aliphatic rings. The molecule has 3 aromatic heterocycles. The average Bonchev–Trinajstić information content (AvgIpc) is 3.31. The van der Waals surface area contributed by atoms with Crippen LogP contribution in [0.4, 0.5) is 0 Å². The van der Waals surface area contributed by atoms with E-state index in [9.17, 15) is 10.5 Å². The number of aromatic nitrogens is 6. The average molecular weight is 394 g/mol. The first-order valence-corrected chi connectivity index (χ1v) is 8.89. The van der Waals surface area contributed by atoms with Crippen LogP contribution < -0.4 is 4.74 Å². The third kappa shape index (κ3) is 3.43. The molecule has 4 aromatic rings. The molecule has 30 heavy (non-hydrogen) atoms. The van der Waals surface area contributed by atoms with Crippen molar-refractivity contribution in [2.45, 2.75) is 5.92 Å². The second kappa shape index (κ2) is 8.17. The molecule has 9 nitrogen and oxygen atoms in total. The maximum Gasteiger partial charge on any atom is 0.223 e. The number of hydrogen-bond acceptors (Lipinski definition) is 8. The molecule has 144 valence electrons. The molecular formula is C21H14N8O. The van der Waals surface area contributed by atoms with Gasteiger partial charge in [0.05, 0.1) is 30.1 Å². The molecule has 0 amide bonds. The number of nitriles is 2. The lowest BCUT2D eigenvalue weighted by molar-refractivity contribution is 0.408. The normalized spacial score (nSPS) is 11.3. The fourth-order valence-electron chi connectivity index (χ4n) is 3.00. The number of tetrazole rings is 1. The van der Waals surface area contributed by atoms with Crippen molar-refractivity contribution in [2.24, 2.45) is 0 Å². The third-order valence-corrected chi connectivity index (χ3v) is 4.43. The molecule has 1 aromatic carbocycles. The molecule has 0 saturated heterocycles. The molecule has 0 radical (unpaired) electrons. The quantitative estimate of drug-likeness (QED) is 0.505. The largest absolute Gasteiger partial charge is 0.496 e. The van der Waals surface area contributed by atoms with E-state index in [-0.39, 0.29) is 0 Å². The van der Waals surface area contributed by atoms with Crippen LogP contribution in [-0.4, -0.2) is 37.3 Å². The SMILES string of the molecule is COc1cc(-n2nnc(-c3ccccn3)n2)ccc1C(C#N)c1ncccc1C#N. The predicted molar refractivity (Wildman–Crippen MR) is 105 cm³/mol. The summed E-state index contributed by atoms with van der Waals surface area (Å²) in [7, 11) is 1.51. The lowest BCUT2D eigenvalue weighted by Gasteiger charge is -2.15. The van der Waals surface area contributed by atoms with Crippen LogP contribution in [-0.2, 0) is 0 Å². The summed E-state index contributed by atoms with van der Waals surface area (Å²) in [5, 5.41) is 31.6. The molecular weight excluding hydrogens is 380 g/mol. The van der Waals surface area contributed by atoms with Crippen molar-refractivity contribution in [2.75, 3.05) is 7.11 Å². The Balaban J connectivity index is 1.73. The number of benzene rings is 1. The molecule has 0 saturated carbocycles. The van der Waals surface area contributed by atoms with Gasteiger partial charge in [0, 0.05) is 24.0 Å². The minimum absolute atomic E-state index is 0.341. The summed E-state index contributed by atoms with van der Waals surface area (Å²) in [5.74, 6) is 0.0728. The zero-order chi connectivity index (χ0) is 20.9. The third-order valence-electron chi connectivity index (χ3n) is 4.43. The Labute approximate surface area is 171 Å². The number of hydrogen-bond donors (Lipinski definition) is 0. The monoisotopic (exact) mass is 394 g/mol. The van der Waals surface area contributed by atoms with Crippen LogP contribution in [0, 0.1) is 22.7 Å². The molecule has 4 rings (SSSR count). The van der Waals surface area contributed by atoms with Gasteiger partial charge in [-0.25, -0.2) is 0 Å². The molecule has 0 spiro atoms. The summed E-state index contributed by atoms with van der Waals surface area (Å²) < 4.78 is 5.51. The van der Waals surface area contributed by atoms with Gasteiger partial charge in [0.2, 0.25) is 5.82 Å². The molecule has 0 aliphatic heterocycles. The van der Waals surface area contributed by atoms with E-state index in [2.05, 4.69) is 37.5 Å². The van der Waals surface area contributed by atoms with Crippen molar-refractivity contribution in [3.05, 3.63) is 77.7 Å². The molecule has 0 fully saturated rings. The summed E-state index contributed by atoms with van der Waals surface area (Å²) in [5.41, 5.74) is 2.52. The fraction of sp³-hybridized carbons (Fsp3) is 0.0952. The Morgan fingerprint density at radius 2 is 1.90 bits per heavy atom. The maximum absolute atomic E-state index is 9.79. The standard InChI is InChI=1S/C21H14N8O/c1-30-19-11-15(29-27-21(26-28-29)18-6-2-3-9-24-18)7-8-16(19)17(13-23)20-14(12-22)5-4-10-25-20/h2-11,17H,1H3. The van der Waals surface area contributed by atoms with Gasteiger partial charge in [-0.3, -0.25) is 9.97 Å². The van der Waals surface area contributed by atoms with Gasteiger partial charge in [-0.05, 0) is 35.5 Å². The van der Waals surface area contributed by atoms with Gasteiger partial charge in [-0.2, -0.15) is 10.5 Å². The van der Waals surface area contributed by atoms with E-state index in [1.807, 2.05) is 12.1 Å². The lowest BCUT2D eigenvalue weighted by atomic mass is 9.93. The van der Waals surface area contributed by atoms with Gasteiger partial charge >= 0.3 is 0 Å². The Morgan fingerprint density at radius 3 is 2.63 bits per heavy atom. The smallest absolute Gasteiger partial charge is 0.223 e. The van der Waals surface area contributed by atoms with Gasteiger partial charge in [-0.1, -0.05) is 12.1 Å². The Bertz CT molecular complexity index is 1270. The minimum Gasteiger partial charge on any atom is -0.496 e. The van der Waals surface area contributed by atoms with E-state index in [0.717, 1.165) is 0 Å². The molecule has 1 unspecified atom stereocenters. The van der Waals surface area contributed by atoms with Crippen LogP contribution in [0.5, 0.6) is 5.75 Å². The summed E-state index contributed by atoms with van der Waals surface area (Å²) in [6.45, 7) is 0. The molecule has 3 heterocycles. The topological polar surface area (TPSA) is 126 Å². The molecule has 0 N–H and O–H groups in total. The van der Waals surface area contributed by atoms with E-state index in [4.69, 9.17) is 4.74 Å². The van der Waals surface area contributed by atoms with E-state index in [1.54, 1.807) is 48.8 Å². The summed E-state index contributed by atoms with van der Waals surface area (Å²) in [6.07, 6.45) is 3.21. The van der Waals surface area contributed by atoms with Crippen molar-refractivity contribution in [1.29, 1.82) is 10.5 Å². The van der Waals surface area contributed by atoms with Crippen molar-refractivity contribution in [3.8, 4) is 35.1 Å². The Hall–Kier alpha value is -4.63. The number of ether oxygens (including phenoxy) is 1. The second-order valence-electron chi connectivity index (χ2n) is 6.15. The van der Waals surface area contributed by atoms with E-state index in [0.29, 0.717) is 39.8 Å². The lowest BCUT2D eigenvalue weighted by Crippen LogP contribution is -2.07. The highest BCUT2D eigenvalue weighted by atomic mass is 16.5. The fourth-order valence-corrected chi connectivity index (χ4v) is 3.00. The molecule has 1 atom stereocenters. The summed E-state index contributed by atoms with van der Waals surface area (Å²) >= 11 is 0. The van der Waals surface area contributed by atoms with Gasteiger partial charge in [0.25, 0.3) is 0 Å². The van der Waals surface area contributed by atoms with Crippen LogP contribution in [0.15, 0.2) is 60.9 Å². The van der Waals surface area contributed by atoms with Crippen molar-refractivity contribution in [1.82, 2.24) is 30.2 Å². The van der Waals surface area contributed by atoms with Crippen molar-refractivity contribution >= 4 is 0 Å². The zero-order valence-electron chi connectivity index (χ0n) is 15.8. The molecule has 0 bridgehead atoms. The van der Waals surface area contributed by atoms with Gasteiger partial charge < -0.3 is 4.74 Å². The first kappa shape index (κ1) is 18.7. The van der Waals surface area contributed by atoms with E-state index >= 15 is 0 Å². The highest BCUT2D eigenvalue weighted by molar-refractivity contribution is 5.53. The molecule has 0 aliphatic carbocycles. The van der Waals surface area contributed by atoms with Crippen LogP contribution in [0.3, 0.4) is 0 Å². The Morgan fingerprint density at radius 1 is 1.03 bits per heavy atom. The zero-order valence-corrected chi connectivity index (χ0v) is 15.8. The van der Waals surface area contributed by atoms with E-state index in [1.165, 1.54) is 11.9 Å². The highest BCUT2D eigenvalue weighted by Gasteiger charge is 2.23. The minimum atomic E-state index is -0.766. The molecule has 9 heteroatoms.